The molecule has 0 saturated heterocycles. The minimum Gasteiger partial charge on any atom is -0.497 e. The number of pyridine rings is 1. The molecule has 0 aliphatic carbocycles. The van der Waals surface area contributed by atoms with Gasteiger partial charge in [0.1, 0.15) is 11.6 Å². The molecule has 23 heavy (non-hydrogen) atoms. The number of nitrogens with zero attached hydrogens (tertiary/aromatic N) is 1. The van der Waals surface area contributed by atoms with Crippen LogP contribution in [-0.4, -0.2) is 24.5 Å². The summed E-state index contributed by atoms with van der Waals surface area (Å²) in [5, 5.41) is 6.09. The molecule has 1 aromatic heterocycles. The number of aromatic nitrogens is 1. The summed E-state index contributed by atoms with van der Waals surface area (Å²) in [6.45, 7) is 3.09. The maximum atomic E-state index is 12.2. The van der Waals surface area contributed by atoms with Crippen molar-refractivity contribution in [3.05, 3.63) is 48.2 Å². The van der Waals surface area contributed by atoms with Crippen LogP contribution >= 0.6 is 0 Å². The zero-order valence-corrected chi connectivity index (χ0v) is 13.6. The summed E-state index contributed by atoms with van der Waals surface area (Å²) in [6, 6.07) is 10.7. The Kier molecular flexibility index (Phi) is 6.41. The Morgan fingerprint density at radius 2 is 2.09 bits per heavy atom. The molecule has 1 aromatic carbocycles. The van der Waals surface area contributed by atoms with Gasteiger partial charge in [0.05, 0.1) is 19.0 Å². The maximum absolute atomic E-state index is 12.2. The van der Waals surface area contributed by atoms with Crippen molar-refractivity contribution in [2.24, 2.45) is 0 Å². The van der Waals surface area contributed by atoms with Crippen molar-refractivity contribution in [3.63, 3.8) is 0 Å². The summed E-state index contributed by atoms with van der Waals surface area (Å²) in [5.41, 5.74) is 1.21. The fourth-order valence-electron chi connectivity index (χ4n) is 2.13. The van der Waals surface area contributed by atoms with E-state index in [-0.39, 0.29) is 5.91 Å². The fourth-order valence-corrected chi connectivity index (χ4v) is 2.13. The van der Waals surface area contributed by atoms with Gasteiger partial charge in [-0.25, -0.2) is 4.98 Å². The third-order valence-corrected chi connectivity index (χ3v) is 3.44. The summed E-state index contributed by atoms with van der Waals surface area (Å²) in [6.07, 6.45) is 5.19. The average molecular weight is 313 g/mol. The Hall–Kier alpha value is -2.56. The van der Waals surface area contributed by atoms with E-state index in [0.29, 0.717) is 17.0 Å². The van der Waals surface area contributed by atoms with Crippen molar-refractivity contribution in [3.8, 4) is 5.75 Å². The second kappa shape index (κ2) is 8.78. The van der Waals surface area contributed by atoms with Crippen molar-refractivity contribution < 1.29 is 9.53 Å². The smallest absolute Gasteiger partial charge is 0.255 e. The summed E-state index contributed by atoms with van der Waals surface area (Å²) in [5.74, 6) is 1.29. The van der Waals surface area contributed by atoms with Crippen LogP contribution in [0.4, 0.5) is 11.5 Å². The topological polar surface area (TPSA) is 63.2 Å². The highest BCUT2D eigenvalue weighted by Gasteiger charge is 2.07. The number of carbonyl (C=O) groups excluding carboxylic acids is 1. The lowest BCUT2D eigenvalue weighted by molar-refractivity contribution is 0.102. The molecular weight excluding hydrogens is 290 g/mol. The van der Waals surface area contributed by atoms with Gasteiger partial charge in [-0.15, -0.1) is 0 Å². The second-order valence-electron chi connectivity index (χ2n) is 5.25. The number of methoxy groups -OCH3 is 1. The summed E-state index contributed by atoms with van der Waals surface area (Å²) >= 11 is 0. The number of amides is 1. The first-order chi connectivity index (χ1) is 11.2. The van der Waals surface area contributed by atoms with Gasteiger partial charge in [-0.3, -0.25) is 4.79 Å². The van der Waals surface area contributed by atoms with Gasteiger partial charge in [0.15, 0.2) is 0 Å². The van der Waals surface area contributed by atoms with Crippen molar-refractivity contribution >= 4 is 17.4 Å². The molecule has 122 valence electrons. The summed E-state index contributed by atoms with van der Waals surface area (Å²) in [4.78, 5) is 16.5. The highest BCUT2D eigenvalue weighted by atomic mass is 16.5. The molecule has 0 unspecified atom stereocenters. The first-order valence-corrected chi connectivity index (χ1v) is 7.88. The maximum Gasteiger partial charge on any atom is 0.255 e. The van der Waals surface area contributed by atoms with Gasteiger partial charge in [-0.1, -0.05) is 25.8 Å². The lowest BCUT2D eigenvalue weighted by Crippen LogP contribution is -2.12. The number of rotatable bonds is 8. The summed E-state index contributed by atoms with van der Waals surface area (Å²) < 4.78 is 5.13. The molecule has 0 aliphatic heterocycles. The van der Waals surface area contributed by atoms with Crippen LogP contribution in [0.1, 0.15) is 36.5 Å². The van der Waals surface area contributed by atoms with E-state index in [0.717, 1.165) is 18.8 Å². The highest BCUT2D eigenvalue weighted by Crippen LogP contribution is 2.15. The van der Waals surface area contributed by atoms with Crippen LogP contribution < -0.4 is 15.4 Å². The van der Waals surface area contributed by atoms with Crippen molar-refractivity contribution in [1.82, 2.24) is 4.98 Å². The Balaban J connectivity index is 1.90. The first-order valence-electron chi connectivity index (χ1n) is 7.88. The Morgan fingerprint density at radius 1 is 1.22 bits per heavy atom. The number of nitrogens with one attached hydrogen (secondary N) is 2. The number of benzene rings is 1. The second-order valence-corrected chi connectivity index (χ2v) is 5.25. The first kappa shape index (κ1) is 16.8. The lowest BCUT2D eigenvalue weighted by atomic mass is 10.2. The quantitative estimate of drug-likeness (QED) is 0.724. The normalized spacial score (nSPS) is 10.2. The van der Waals surface area contributed by atoms with Crippen LogP contribution in [0.5, 0.6) is 5.75 Å². The van der Waals surface area contributed by atoms with E-state index in [1.807, 2.05) is 12.1 Å². The van der Waals surface area contributed by atoms with Gasteiger partial charge < -0.3 is 15.4 Å². The standard InChI is InChI=1S/C18H23N3O2/c1-3-4-5-11-19-17-10-9-15(13-20-17)21-18(22)14-7-6-8-16(12-14)23-2/h6-10,12-13H,3-5,11H2,1-2H3,(H,19,20)(H,21,22). The van der Waals surface area contributed by atoms with Crippen molar-refractivity contribution in [2.75, 3.05) is 24.3 Å². The molecule has 0 radical (unpaired) electrons. The van der Waals surface area contributed by atoms with E-state index in [2.05, 4.69) is 22.5 Å². The largest absolute Gasteiger partial charge is 0.497 e. The number of carbonyl (C=O) groups is 1. The number of hydrogen-bond acceptors (Lipinski definition) is 4. The van der Waals surface area contributed by atoms with Gasteiger partial charge in [-0.2, -0.15) is 0 Å². The van der Waals surface area contributed by atoms with Crippen LogP contribution in [-0.2, 0) is 0 Å². The van der Waals surface area contributed by atoms with Gasteiger partial charge >= 0.3 is 0 Å². The third-order valence-electron chi connectivity index (χ3n) is 3.44. The number of unbranched alkanes of at least 4 members (excludes halogenated alkanes) is 2. The molecule has 2 aromatic rings. The monoisotopic (exact) mass is 313 g/mol. The minimum absolute atomic E-state index is 0.186. The van der Waals surface area contributed by atoms with Crippen LogP contribution in [0.25, 0.3) is 0 Å². The van der Waals surface area contributed by atoms with Crippen LogP contribution in [0.2, 0.25) is 0 Å². The van der Waals surface area contributed by atoms with Crippen LogP contribution in [0.3, 0.4) is 0 Å². The molecule has 5 heteroatoms. The molecule has 0 saturated carbocycles. The van der Waals surface area contributed by atoms with Crippen molar-refractivity contribution in [1.29, 1.82) is 0 Å². The predicted octanol–water partition coefficient (Wildman–Crippen LogP) is 3.94. The van der Waals surface area contributed by atoms with Crippen LogP contribution in [0.15, 0.2) is 42.6 Å². The number of anilines is 2. The third kappa shape index (κ3) is 5.29. The number of hydrogen-bond donors (Lipinski definition) is 2. The van der Waals surface area contributed by atoms with E-state index in [4.69, 9.17) is 4.74 Å². The average Bonchev–Trinajstić information content (AvgIpc) is 2.60. The molecule has 0 spiro atoms. The van der Waals surface area contributed by atoms with Gasteiger partial charge in [0.2, 0.25) is 0 Å². The van der Waals surface area contributed by atoms with E-state index >= 15 is 0 Å². The van der Waals surface area contributed by atoms with E-state index in [1.54, 1.807) is 37.6 Å². The molecule has 1 amide bonds. The Bertz CT molecular complexity index is 626. The lowest BCUT2D eigenvalue weighted by Gasteiger charge is -2.08. The van der Waals surface area contributed by atoms with Gasteiger partial charge in [0, 0.05) is 12.1 Å². The Morgan fingerprint density at radius 3 is 2.78 bits per heavy atom. The van der Waals surface area contributed by atoms with Crippen LogP contribution in [0, 0.1) is 0 Å². The van der Waals surface area contributed by atoms with E-state index < -0.39 is 0 Å². The molecule has 2 rings (SSSR count). The van der Waals surface area contributed by atoms with Gasteiger partial charge in [-0.05, 0) is 36.8 Å². The molecule has 2 N–H and O–H groups in total. The SMILES string of the molecule is CCCCCNc1ccc(NC(=O)c2cccc(OC)c2)cn1. The molecular formula is C18H23N3O2. The molecule has 0 atom stereocenters. The zero-order chi connectivity index (χ0) is 16.5. The zero-order valence-electron chi connectivity index (χ0n) is 13.6. The molecule has 5 nitrogen and oxygen atoms in total. The van der Waals surface area contributed by atoms with Crippen molar-refractivity contribution in [2.45, 2.75) is 26.2 Å². The molecule has 0 fully saturated rings. The highest BCUT2D eigenvalue weighted by molar-refractivity contribution is 6.04. The fraction of sp³-hybridized carbons (Fsp3) is 0.333. The molecule has 0 aliphatic rings. The summed E-state index contributed by atoms with van der Waals surface area (Å²) in [7, 11) is 1.58. The van der Waals surface area contributed by atoms with E-state index in [9.17, 15) is 4.79 Å². The minimum atomic E-state index is -0.186. The van der Waals surface area contributed by atoms with E-state index in [1.165, 1.54) is 12.8 Å². The van der Waals surface area contributed by atoms with Gasteiger partial charge in [0.25, 0.3) is 5.91 Å². The Labute approximate surface area is 137 Å². The number of ether oxygens (including phenoxy) is 1. The molecule has 1 heterocycles. The molecule has 0 bridgehead atoms. The predicted molar refractivity (Wildman–Crippen MR) is 93.2 cm³/mol.